The zero-order valence-electron chi connectivity index (χ0n) is 82.8. The second kappa shape index (κ2) is 73.4. The van der Waals surface area contributed by atoms with Crippen molar-refractivity contribution < 1.29 is 62.5 Å². The summed E-state index contributed by atoms with van der Waals surface area (Å²) in [6, 6.07) is 62.3. The minimum absolute atomic E-state index is 0. The first-order valence-corrected chi connectivity index (χ1v) is 49.4. The Morgan fingerprint density at radius 1 is 0.457 bits per heavy atom. The SMILES string of the molecule is CO.COC[C@@H]1CCCC(=O)N1.COC[C@@H]1CCCC(=O)N1Cc1ccncc1.COc1ccc(CCl)cc1.COc1ccc(COC[C@@H]2CCCC(=O)N2Cc2ccncc2)cc1.COc1ccc(COC[C@@H]2CCCc3nc(-c4ccc(SC)cc4)c(-c4ccncc4)n32)cc1.Cc1ccc(C#N)cc1.Cl.Cl.Cl.ClCc1ccncc1.O=C1CCC[C@@H](CO)N1Cc1ccncc1.[3H]PC.[3H]PC. The Balaban J connectivity index is 0.000000425. The van der Waals surface area contributed by atoms with E-state index in [1.807, 2.05) is 176 Å². The fraction of sp³-hybridized carbons (Fsp3) is 0.400. The highest BCUT2D eigenvalue weighted by molar-refractivity contribution is 7.98. The predicted molar refractivity (Wildman–Crippen MR) is 567 cm³/mol. The van der Waals surface area contributed by atoms with Crippen LogP contribution in [-0.2, 0) is 89.2 Å². The van der Waals surface area contributed by atoms with Gasteiger partial charge in [0.1, 0.15) is 23.1 Å². The summed E-state index contributed by atoms with van der Waals surface area (Å²) < 4.78 is 52.5. The average Bonchev–Trinajstić information content (AvgIpc) is 1.60. The van der Waals surface area contributed by atoms with Crippen LogP contribution in [0.25, 0.3) is 22.5 Å². The summed E-state index contributed by atoms with van der Waals surface area (Å²) in [7, 11) is 9.99. The maximum atomic E-state index is 12.4. The van der Waals surface area contributed by atoms with Crippen molar-refractivity contribution in [2.24, 2.45) is 0 Å². The van der Waals surface area contributed by atoms with Crippen LogP contribution in [0.3, 0.4) is 0 Å². The molecule has 2 unspecified atom stereocenters. The number of benzene rings is 5. The van der Waals surface area contributed by atoms with E-state index in [0.717, 1.165) is 168 Å². The van der Waals surface area contributed by atoms with Gasteiger partial charge in [0.05, 0.1) is 123 Å². The molecule has 33 heteroatoms. The molecule has 25 nitrogen and oxygen atoms in total. The molecule has 0 radical (unpaired) electrons. The van der Waals surface area contributed by atoms with E-state index in [9.17, 15) is 24.3 Å². The van der Waals surface area contributed by atoms with Crippen LogP contribution in [0, 0.1) is 18.3 Å². The van der Waals surface area contributed by atoms with Gasteiger partial charge in [0.2, 0.25) is 23.6 Å². The fourth-order valence-electron chi connectivity index (χ4n) is 15.1. The molecule has 6 aromatic heterocycles. The molecule has 0 bridgehead atoms. The number of aromatic nitrogens is 7. The zero-order valence-corrected chi connectivity index (χ0v) is 87.5. The number of likely N-dealkylation sites (tertiary alicyclic amines) is 3. The highest BCUT2D eigenvalue weighted by atomic mass is 35.5. The normalized spacial score (nSPS) is 16.1. The van der Waals surface area contributed by atoms with Gasteiger partial charge in [0, 0.05) is 163 Å². The molecule has 3 N–H and O–H groups in total. The second-order valence-corrected chi connectivity index (χ2v) is 32.7. The molecule has 0 aliphatic carbocycles. The van der Waals surface area contributed by atoms with Crippen LogP contribution in [0.5, 0.6) is 17.2 Å². The van der Waals surface area contributed by atoms with Crippen LogP contribution < -0.4 is 19.5 Å². The number of aliphatic hydroxyl groups is 2. The molecule has 748 valence electrons. The number of nitrogens with zero attached hydrogens (tertiary/aromatic N) is 11. The lowest BCUT2D eigenvalue weighted by Gasteiger charge is -2.35. The van der Waals surface area contributed by atoms with Crippen molar-refractivity contribution in [2.45, 2.75) is 183 Å². The molecule has 0 saturated carbocycles. The minimum Gasteiger partial charge on any atom is -0.497 e. The number of amides is 4. The number of pyridine rings is 5. The van der Waals surface area contributed by atoms with Gasteiger partial charge in [-0.15, -0.1) is 90.6 Å². The van der Waals surface area contributed by atoms with Crippen molar-refractivity contribution in [3.63, 3.8) is 0 Å². The summed E-state index contributed by atoms with van der Waals surface area (Å²) >= 11 is 12.8. The summed E-state index contributed by atoms with van der Waals surface area (Å²) in [6.07, 6.45) is 33.3. The van der Waals surface area contributed by atoms with Gasteiger partial charge in [-0.2, -0.15) is 5.26 Å². The molecule has 4 saturated heterocycles. The topological polar surface area (TPSA) is 301 Å². The van der Waals surface area contributed by atoms with Gasteiger partial charge in [-0.1, -0.05) is 79.6 Å². The Kier molecular flexibility index (Phi) is 63.1. The lowest BCUT2D eigenvalue weighted by Crippen LogP contribution is -2.45. The lowest BCUT2D eigenvalue weighted by molar-refractivity contribution is -0.139. The van der Waals surface area contributed by atoms with E-state index < -0.39 is 0 Å². The number of carbonyl (C=O) groups is 4. The van der Waals surface area contributed by atoms with Crippen LogP contribution >= 0.6 is 90.6 Å². The lowest BCUT2D eigenvalue weighted by atomic mass is 10.0. The van der Waals surface area contributed by atoms with E-state index in [1.54, 1.807) is 102 Å². The molecule has 138 heavy (non-hydrogen) atoms. The first kappa shape index (κ1) is 119. The molecule has 0 spiro atoms. The number of fused-ring (bicyclic) bond motifs is 1. The third-order valence-corrected chi connectivity index (χ3v) is 23.5. The number of aliphatic hydroxyl groups excluding tert-OH is 2. The van der Waals surface area contributed by atoms with Crippen molar-refractivity contribution in [1.82, 2.24) is 54.5 Å². The number of nitriles is 1. The molecule has 5 aliphatic heterocycles. The van der Waals surface area contributed by atoms with Crippen LogP contribution in [-0.4, -0.2) is 205 Å². The van der Waals surface area contributed by atoms with E-state index >= 15 is 0 Å². The maximum absolute atomic E-state index is 12.4. The Bertz CT molecular complexity index is 5120. The number of carbonyl (C=O) groups excluding carboxylic acids is 4. The Labute approximate surface area is 857 Å². The van der Waals surface area contributed by atoms with E-state index in [4.69, 9.17) is 74.3 Å². The zero-order chi connectivity index (χ0) is 99.0. The van der Waals surface area contributed by atoms with Crippen molar-refractivity contribution in [1.29, 1.82) is 7.82 Å². The number of rotatable bonds is 27. The van der Waals surface area contributed by atoms with Gasteiger partial charge >= 0.3 is 0 Å². The largest absolute Gasteiger partial charge is 0.497 e. The van der Waals surface area contributed by atoms with Crippen molar-refractivity contribution >= 4 is 114 Å². The number of hydrogen-bond donors (Lipinski definition) is 3. The number of nitrogens with one attached hydrogen (secondary N) is 1. The molecule has 5 aliphatic rings. The van der Waals surface area contributed by atoms with Crippen molar-refractivity contribution in [2.75, 3.05) is 95.3 Å². The van der Waals surface area contributed by atoms with Crippen molar-refractivity contribution in [3.8, 4) is 45.8 Å². The van der Waals surface area contributed by atoms with Gasteiger partial charge < -0.3 is 68.0 Å². The summed E-state index contributed by atoms with van der Waals surface area (Å²) in [5.41, 5.74) is 14.1. The van der Waals surface area contributed by atoms with Crippen LogP contribution in [0.2, 0.25) is 0 Å². The summed E-state index contributed by atoms with van der Waals surface area (Å²) in [4.78, 5) is 78.9. The highest BCUT2D eigenvalue weighted by Crippen LogP contribution is 2.40. The predicted octanol–water partition coefficient (Wildman–Crippen LogP) is 20.5. The number of hydrogen-bond acceptors (Lipinski definition) is 21. The number of aryl methyl sites for hydroxylation is 2. The number of alkyl halides is 2. The van der Waals surface area contributed by atoms with E-state index in [0.29, 0.717) is 115 Å². The summed E-state index contributed by atoms with van der Waals surface area (Å²) in [5, 5.41) is 27.5. The first-order valence-electron chi connectivity index (χ1n) is 46.2. The van der Waals surface area contributed by atoms with E-state index in [-0.39, 0.29) is 97.7 Å². The molecule has 11 aromatic rings. The molecule has 16 rings (SSSR count). The van der Waals surface area contributed by atoms with Crippen molar-refractivity contribution in [3.05, 3.63) is 300 Å². The highest BCUT2D eigenvalue weighted by Gasteiger charge is 2.32. The molecule has 7 atom stereocenters. The average molecular weight is 2050 g/mol. The number of halogens is 5. The number of ether oxygens (including phenoxy) is 7. The first-order chi connectivity index (χ1) is 66.9. The number of thioether (sulfide) groups is 1. The van der Waals surface area contributed by atoms with Crippen LogP contribution in [0.1, 0.15) is 152 Å². The Morgan fingerprint density at radius 2 is 0.819 bits per heavy atom. The molecule has 5 aromatic carbocycles. The van der Waals surface area contributed by atoms with E-state index in [1.165, 1.54) is 10.5 Å². The quantitative estimate of drug-likeness (QED) is 0.0245. The van der Waals surface area contributed by atoms with E-state index in [2.05, 4.69) is 95.7 Å². The minimum atomic E-state index is -0.0191. The standard InChI is InChI=1S/C28H29N3O2S.C20H24N2O3.C13H18N2O2.C12H16N2O2.C8H9ClO.C8H7N.C7H13NO2.C6H6ClN.CH4O.2CH5P.3ClH/c1-32-24-10-6-20(7-11-24)18-33-19-23-4-3-5-26-30-27(21-8-12-25(34-2)13-9-21)28(31(23)26)22-14-16-29-17-15-22;1-24-19-7-5-17(6-8-19)14-25-15-18-3-2-4-20(23)22(18)13-16-9-11-21-12-10-16;1-17-10-12-3-2-4-13(16)15(12)9-11-5-7-14-8-6-11;15-9-11-2-1-3-12(16)14(11)8-10-4-6-13-7-5-10;1-10-8-4-2-7(6-9)3-5-8;1-7-2-4-8(6-9)5-3-7;1-10-5-6-3-2-4-7(9)8-6;7-5-6-1-3-8-4-2-6;3*1-2;;;/h6-17,23H,3-5,18-19H2,1-2H3;5-12,18H,2-4,13-15H2,1H3;5-8,12H,2-4,9-10H2,1H3;4-7,11,15H,1-3,8-9H2;2-5H,6H2,1H3;2-5H,1H3;6H,2-5H2,1H3,(H,8,9);1-4H,5H2;2H,1H3;2*2H2,1H3;3*1H/t23-;18-;12-;11-;;;6-;;;;;;;/m0000..0......./s1/i;;;;;;;;;2*2T;;;. The summed E-state index contributed by atoms with van der Waals surface area (Å²) in [6.45, 7) is 11.2. The molecule has 11 heterocycles. The summed E-state index contributed by atoms with van der Waals surface area (Å²) in [5.74, 6) is 5.58. The molecule has 4 amide bonds. The monoisotopic (exact) mass is 2050 g/mol. The van der Waals surface area contributed by atoms with Crippen LogP contribution in [0.15, 0.2) is 249 Å². The second-order valence-electron chi connectivity index (χ2n) is 31.3. The molecular formula is C105H139Cl5N12O13P2S. The number of piperidine rings is 4. The number of methoxy groups -OCH3 is 5. The third kappa shape index (κ3) is 44.0. The third-order valence-electron chi connectivity index (χ3n) is 22.1. The van der Waals surface area contributed by atoms with Gasteiger partial charge in [0.15, 0.2) is 0 Å². The van der Waals surface area contributed by atoms with Gasteiger partial charge in [0.25, 0.3) is 0 Å². The Hall–Kier alpha value is -9.75. The van der Waals surface area contributed by atoms with Gasteiger partial charge in [-0.05, 0) is 238 Å². The Morgan fingerprint density at radius 3 is 1.20 bits per heavy atom. The van der Waals surface area contributed by atoms with Crippen LogP contribution in [0.4, 0.5) is 0 Å². The van der Waals surface area contributed by atoms with Gasteiger partial charge in [-0.3, -0.25) is 44.1 Å². The fourth-order valence-corrected chi connectivity index (χ4v) is 15.8. The number of imidazole rings is 1. The molecular weight excluding hydrogens is 1910 g/mol. The maximum Gasteiger partial charge on any atom is 0.223 e. The molecule has 4 fully saturated rings. The van der Waals surface area contributed by atoms with Gasteiger partial charge in [-0.25, -0.2) is 4.98 Å². The smallest absolute Gasteiger partial charge is 0.223 e.